The Bertz CT molecular complexity index is 448. The predicted octanol–water partition coefficient (Wildman–Crippen LogP) is 2.00. The maximum absolute atomic E-state index is 12.2. The van der Waals surface area contributed by atoms with E-state index in [0.29, 0.717) is 0 Å². The van der Waals surface area contributed by atoms with Crippen molar-refractivity contribution < 1.29 is 9.53 Å². The number of methoxy groups -OCH3 is 1. The van der Waals surface area contributed by atoms with Crippen LogP contribution in [-0.2, 0) is 4.79 Å². The molecule has 4 nitrogen and oxygen atoms in total. The minimum atomic E-state index is -0.0727. The molecule has 1 aliphatic rings. The number of nitrogens with two attached hydrogens (primary N) is 1. The Kier molecular flexibility index (Phi) is 4.43. The van der Waals surface area contributed by atoms with Gasteiger partial charge in [-0.1, -0.05) is 24.6 Å². The fraction of sp³-hybridized carbons (Fsp3) is 0.533. The van der Waals surface area contributed by atoms with E-state index in [1.165, 1.54) is 0 Å². The van der Waals surface area contributed by atoms with Gasteiger partial charge in [-0.25, -0.2) is 0 Å². The molecular weight excluding hydrogens is 240 g/mol. The first-order valence-electron chi connectivity index (χ1n) is 6.82. The lowest BCUT2D eigenvalue weighted by molar-refractivity contribution is -0.125. The van der Waals surface area contributed by atoms with E-state index in [1.54, 1.807) is 7.11 Å². The van der Waals surface area contributed by atoms with Crippen molar-refractivity contribution in [2.45, 2.75) is 38.3 Å². The second-order valence-corrected chi connectivity index (χ2v) is 5.17. The zero-order chi connectivity index (χ0) is 13.8. The van der Waals surface area contributed by atoms with Gasteiger partial charge in [-0.2, -0.15) is 0 Å². The number of hydrogen-bond acceptors (Lipinski definition) is 3. The summed E-state index contributed by atoms with van der Waals surface area (Å²) < 4.78 is 5.32. The van der Waals surface area contributed by atoms with Gasteiger partial charge in [-0.15, -0.1) is 0 Å². The van der Waals surface area contributed by atoms with E-state index in [9.17, 15) is 4.79 Å². The summed E-state index contributed by atoms with van der Waals surface area (Å²) in [6.07, 6.45) is 2.88. The summed E-state index contributed by atoms with van der Waals surface area (Å²) in [5.41, 5.74) is 6.96. The van der Waals surface area contributed by atoms with Crippen molar-refractivity contribution in [3.05, 3.63) is 29.8 Å². The van der Waals surface area contributed by atoms with Crippen LogP contribution in [0.1, 0.15) is 37.8 Å². The Labute approximate surface area is 114 Å². The first kappa shape index (κ1) is 13.9. The Morgan fingerprint density at radius 3 is 2.79 bits per heavy atom. The maximum Gasteiger partial charge on any atom is 0.225 e. The largest absolute Gasteiger partial charge is 0.496 e. The van der Waals surface area contributed by atoms with Gasteiger partial charge in [0, 0.05) is 11.6 Å². The molecule has 3 unspecified atom stereocenters. The van der Waals surface area contributed by atoms with E-state index in [-0.39, 0.29) is 23.9 Å². The Morgan fingerprint density at radius 2 is 2.16 bits per heavy atom. The molecule has 1 saturated carbocycles. The van der Waals surface area contributed by atoms with Crippen molar-refractivity contribution >= 4 is 5.91 Å². The molecule has 1 amide bonds. The number of rotatable bonds is 4. The van der Waals surface area contributed by atoms with Crippen LogP contribution in [0.5, 0.6) is 5.75 Å². The number of hydrogen-bond donors (Lipinski definition) is 2. The zero-order valence-corrected chi connectivity index (χ0v) is 11.6. The van der Waals surface area contributed by atoms with E-state index in [4.69, 9.17) is 10.5 Å². The van der Waals surface area contributed by atoms with Gasteiger partial charge in [0.1, 0.15) is 5.75 Å². The number of para-hydroxylation sites is 1. The fourth-order valence-corrected chi connectivity index (χ4v) is 2.74. The molecule has 104 valence electrons. The molecule has 1 aliphatic carbocycles. The van der Waals surface area contributed by atoms with E-state index in [2.05, 4.69) is 5.32 Å². The molecule has 2 rings (SSSR count). The SMILES string of the molecule is COc1ccccc1C(C)NC(=O)C1CCCC1N. The molecule has 3 atom stereocenters. The van der Waals surface area contributed by atoms with Crippen molar-refractivity contribution in [1.29, 1.82) is 0 Å². The first-order valence-corrected chi connectivity index (χ1v) is 6.82. The topological polar surface area (TPSA) is 64.3 Å². The summed E-state index contributed by atoms with van der Waals surface area (Å²) in [7, 11) is 1.64. The van der Waals surface area contributed by atoms with Crippen molar-refractivity contribution in [3.63, 3.8) is 0 Å². The smallest absolute Gasteiger partial charge is 0.225 e. The molecular formula is C15H22N2O2. The maximum atomic E-state index is 12.2. The molecule has 0 aliphatic heterocycles. The van der Waals surface area contributed by atoms with Gasteiger partial charge in [-0.3, -0.25) is 4.79 Å². The van der Waals surface area contributed by atoms with E-state index >= 15 is 0 Å². The van der Waals surface area contributed by atoms with Crippen LogP contribution >= 0.6 is 0 Å². The van der Waals surface area contributed by atoms with Crippen LogP contribution in [0, 0.1) is 5.92 Å². The summed E-state index contributed by atoms with van der Waals surface area (Å²) in [6.45, 7) is 1.97. The summed E-state index contributed by atoms with van der Waals surface area (Å²) in [6, 6.07) is 7.67. The van der Waals surface area contributed by atoms with Crippen LogP contribution < -0.4 is 15.8 Å². The molecule has 19 heavy (non-hydrogen) atoms. The number of nitrogens with one attached hydrogen (secondary N) is 1. The average molecular weight is 262 g/mol. The summed E-state index contributed by atoms with van der Waals surface area (Å²) in [4.78, 5) is 12.2. The highest BCUT2D eigenvalue weighted by Crippen LogP contribution is 2.27. The zero-order valence-electron chi connectivity index (χ0n) is 11.6. The highest BCUT2D eigenvalue weighted by molar-refractivity contribution is 5.80. The molecule has 1 fully saturated rings. The lowest BCUT2D eigenvalue weighted by Gasteiger charge is -2.21. The van der Waals surface area contributed by atoms with Gasteiger partial charge in [-0.05, 0) is 25.8 Å². The summed E-state index contributed by atoms with van der Waals surface area (Å²) in [5, 5.41) is 3.04. The standard InChI is InChI=1S/C15H22N2O2/c1-10(11-6-3-4-9-14(11)19-2)17-15(18)12-7-5-8-13(12)16/h3-4,6,9-10,12-13H,5,7-8,16H2,1-2H3,(H,17,18). The minimum Gasteiger partial charge on any atom is -0.496 e. The summed E-state index contributed by atoms with van der Waals surface area (Å²) >= 11 is 0. The van der Waals surface area contributed by atoms with Crippen LogP contribution in [0.2, 0.25) is 0 Å². The van der Waals surface area contributed by atoms with E-state index in [0.717, 1.165) is 30.6 Å². The quantitative estimate of drug-likeness (QED) is 0.872. The lowest BCUT2D eigenvalue weighted by Crippen LogP contribution is -2.39. The average Bonchev–Trinajstić information content (AvgIpc) is 2.85. The molecule has 0 aromatic heterocycles. The second kappa shape index (κ2) is 6.06. The van der Waals surface area contributed by atoms with Gasteiger partial charge < -0.3 is 15.8 Å². The predicted molar refractivity (Wildman–Crippen MR) is 74.9 cm³/mol. The number of carbonyl (C=O) groups excluding carboxylic acids is 1. The molecule has 0 bridgehead atoms. The number of ether oxygens (including phenoxy) is 1. The van der Waals surface area contributed by atoms with Crippen molar-refractivity contribution in [2.24, 2.45) is 11.7 Å². The highest BCUT2D eigenvalue weighted by atomic mass is 16.5. The van der Waals surface area contributed by atoms with Gasteiger partial charge in [0.05, 0.1) is 19.1 Å². The normalized spacial score (nSPS) is 23.9. The molecule has 0 radical (unpaired) electrons. The second-order valence-electron chi connectivity index (χ2n) is 5.17. The molecule has 4 heteroatoms. The number of carbonyl (C=O) groups is 1. The molecule has 0 saturated heterocycles. The minimum absolute atomic E-state index is 0.00451. The van der Waals surface area contributed by atoms with Crippen LogP contribution in [0.15, 0.2) is 24.3 Å². The monoisotopic (exact) mass is 262 g/mol. The molecule has 0 spiro atoms. The van der Waals surface area contributed by atoms with Crippen LogP contribution in [-0.4, -0.2) is 19.1 Å². The van der Waals surface area contributed by atoms with E-state index < -0.39 is 0 Å². The van der Waals surface area contributed by atoms with E-state index in [1.807, 2.05) is 31.2 Å². The third-order valence-electron chi connectivity index (χ3n) is 3.87. The van der Waals surface area contributed by atoms with Gasteiger partial charge in [0.2, 0.25) is 5.91 Å². The van der Waals surface area contributed by atoms with Gasteiger partial charge in [0.15, 0.2) is 0 Å². The van der Waals surface area contributed by atoms with Crippen LogP contribution in [0.25, 0.3) is 0 Å². The van der Waals surface area contributed by atoms with Gasteiger partial charge >= 0.3 is 0 Å². The van der Waals surface area contributed by atoms with Crippen LogP contribution in [0.3, 0.4) is 0 Å². The number of benzene rings is 1. The Morgan fingerprint density at radius 1 is 1.42 bits per heavy atom. The van der Waals surface area contributed by atoms with Crippen molar-refractivity contribution in [3.8, 4) is 5.75 Å². The molecule has 3 N–H and O–H groups in total. The van der Waals surface area contributed by atoms with Gasteiger partial charge in [0.25, 0.3) is 0 Å². The highest BCUT2D eigenvalue weighted by Gasteiger charge is 2.31. The third kappa shape index (κ3) is 3.07. The fourth-order valence-electron chi connectivity index (χ4n) is 2.74. The van der Waals surface area contributed by atoms with Crippen LogP contribution in [0.4, 0.5) is 0 Å². The molecule has 1 aromatic carbocycles. The molecule has 0 heterocycles. The third-order valence-corrected chi connectivity index (χ3v) is 3.87. The lowest BCUT2D eigenvalue weighted by atomic mass is 10.0. The number of amides is 1. The first-order chi connectivity index (χ1) is 9.13. The van der Waals surface area contributed by atoms with Crippen molar-refractivity contribution in [1.82, 2.24) is 5.32 Å². The Hall–Kier alpha value is -1.55. The van der Waals surface area contributed by atoms with Crippen molar-refractivity contribution in [2.75, 3.05) is 7.11 Å². The summed E-state index contributed by atoms with van der Waals surface area (Å²) in [5.74, 6) is 0.812. The molecule has 1 aromatic rings. The Balaban J connectivity index is 2.04.